The van der Waals surface area contributed by atoms with Crippen LogP contribution in [-0.4, -0.2) is 84.9 Å². The molecule has 2 aromatic carbocycles. The maximum Gasteiger partial charge on any atom is 0.253 e. The van der Waals surface area contributed by atoms with Crippen molar-refractivity contribution in [2.45, 2.75) is 13.1 Å². The van der Waals surface area contributed by atoms with Crippen LogP contribution in [0.3, 0.4) is 0 Å². The number of rotatable bonds is 5. The van der Waals surface area contributed by atoms with Crippen molar-refractivity contribution >= 4 is 5.91 Å². The van der Waals surface area contributed by atoms with E-state index in [1.807, 2.05) is 17.0 Å². The zero-order valence-electron chi connectivity index (χ0n) is 17.5. The smallest absolute Gasteiger partial charge is 0.253 e. The van der Waals surface area contributed by atoms with E-state index in [0.717, 1.165) is 71.0 Å². The van der Waals surface area contributed by atoms with Gasteiger partial charge in [0.25, 0.3) is 5.91 Å². The zero-order chi connectivity index (χ0) is 20.1. The van der Waals surface area contributed by atoms with Crippen LogP contribution in [0.5, 0.6) is 0 Å². The van der Waals surface area contributed by atoms with Gasteiger partial charge in [-0.2, -0.15) is 0 Å². The van der Waals surface area contributed by atoms with Crippen LogP contribution >= 0.6 is 0 Å². The number of nitrogens with zero attached hydrogens (tertiary/aromatic N) is 4. The van der Waals surface area contributed by atoms with E-state index in [2.05, 4.69) is 64.2 Å². The first-order valence-electron chi connectivity index (χ1n) is 10.7. The van der Waals surface area contributed by atoms with E-state index < -0.39 is 0 Å². The summed E-state index contributed by atoms with van der Waals surface area (Å²) < 4.78 is 0. The highest BCUT2D eigenvalue weighted by Gasteiger charge is 2.21. The molecule has 1 amide bonds. The SMILES string of the molecule is CN1CCN(C(=O)c2ccc(CN3CCN(Cc4ccccc4)CC3)cc2)CC1. The van der Waals surface area contributed by atoms with E-state index in [1.165, 1.54) is 11.1 Å². The minimum Gasteiger partial charge on any atom is -0.336 e. The van der Waals surface area contributed by atoms with Crippen LogP contribution in [0.4, 0.5) is 0 Å². The molecule has 0 atom stereocenters. The number of likely N-dealkylation sites (N-methyl/N-ethyl adjacent to an activating group) is 1. The number of amides is 1. The highest BCUT2D eigenvalue weighted by molar-refractivity contribution is 5.94. The van der Waals surface area contributed by atoms with Crippen molar-refractivity contribution < 1.29 is 4.79 Å². The van der Waals surface area contributed by atoms with Crippen molar-refractivity contribution in [3.63, 3.8) is 0 Å². The molecule has 2 aromatic rings. The first kappa shape index (κ1) is 20.1. The van der Waals surface area contributed by atoms with Crippen molar-refractivity contribution in [3.8, 4) is 0 Å². The van der Waals surface area contributed by atoms with Gasteiger partial charge in [-0.05, 0) is 30.3 Å². The molecule has 5 heteroatoms. The summed E-state index contributed by atoms with van der Waals surface area (Å²) in [4.78, 5) is 22.0. The lowest BCUT2D eigenvalue weighted by Crippen LogP contribution is -2.47. The van der Waals surface area contributed by atoms with E-state index in [0.29, 0.717) is 0 Å². The van der Waals surface area contributed by atoms with Gasteiger partial charge in [-0.25, -0.2) is 0 Å². The summed E-state index contributed by atoms with van der Waals surface area (Å²) in [6, 6.07) is 19.0. The highest BCUT2D eigenvalue weighted by Crippen LogP contribution is 2.14. The second-order valence-corrected chi connectivity index (χ2v) is 8.33. The highest BCUT2D eigenvalue weighted by atomic mass is 16.2. The topological polar surface area (TPSA) is 30.0 Å². The standard InChI is InChI=1S/C24H32N4O/c1-25-11-17-28(18-12-25)24(29)23-9-7-22(8-10-23)20-27-15-13-26(14-16-27)19-21-5-3-2-4-6-21/h2-10H,11-20H2,1H3. The van der Waals surface area contributed by atoms with E-state index in [4.69, 9.17) is 0 Å². The average molecular weight is 393 g/mol. The summed E-state index contributed by atoms with van der Waals surface area (Å²) >= 11 is 0. The number of piperazine rings is 2. The summed E-state index contributed by atoms with van der Waals surface area (Å²) in [6.07, 6.45) is 0. The van der Waals surface area contributed by atoms with E-state index in [-0.39, 0.29) is 5.91 Å². The molecule has 29 heavy (non-hydrogen) atoms. The Morgan fingerprint density at radius 2 is 1.21 bits per heavy atom. The molecule has 0 N–H and O–H groups in total. The fourth-order valence-corrected chi connectivity index (χ4v) is 4.15. The van der Waals surface area contributed by atoms with Gasteiger partial charge in [0.1, 0.15) is 0 Å². The monoisotopic (exact) mass is 392 g/mol. The molecule has 0 spiro atoms. The normalized spacial score (nSPS) is 19.4. The van der Waals surface area contributed by atoms with Gasteiger partial charge in [-0.3, -0.25) is 14.6 Å². The van der Waals surface area contributed by atoms with Gasteiger partial charge >= 0.3 is 0 Å². The number of carbonyl (C=O) groups is 1. The first-order chi connectivity index (χ1) is 14.2. The third-order valence-corrected chi connectivity index (χ3v) is 6.11. The van der Waals surface area contributed by atoms with Crippen LogP contribution in [-0.2, 0) is 13.1 Å². The molecule has 0 saturated carbocycles. The predicted octanol–water partition coefficient (Wildman–Crippen LogP) is 2.39. The van der Waals surface area contributed by atoms with Gasteiger partial charge in [0.05, 0.1) is 0 Å². The minimum absolute atomic E-state index is 0.166. The number of benzene rings is 2. The van der Waals surface area contributed by atoms with Crippen molar-refractivity contribution in [2.75, 3.05) is 59.4 Å². The zero-order valence-corrected chi connectivity index (χ0v) is 17.5. The third-order valence-electron chi connectivity index (χ3n) is 6.11. The van der Waals surface area contributed by atoms with Gasteiger partial charge in [0.2, 0.25) is 0 Å². The Balaban J connectivity index is 1.25. The fourth-order valence-electron chi connectivity index (χ4n) is 4.15. The van der Waals surface area contributed by atoms with Crippen LogP contribution in [0.15, 0.2) is 54.6 Å². The van der Waals surface area contributed by atoms with Crippen LogP contribution in [0.1, 0.15) is 21.5 Å². The number of carbonyl (C=O) groups excluding carboxylic acids is 1. The molecule has 2 aliphatic rings. The molecule has 2 fully saturated rings. The Hall–Kier alpha value is -2.21. The van der Waals surface area contributed by atoms with E-state index in [1.54, 1.807) is 0 Å². The Bertz CT molecular complexity index is 776. The summed E-state index contributed by atoms with van der Waals surface area (Å²) in [5, 5.41) is 0. The molecular formula is C24H32N4O. The van der Waals surface area contributed by atoms with E-state index >= 15 is 0 Å². The molecular weight excluding hydrogens is 360 g/mol. The predicted molar refractivity (Wildman–Crippen MR) is 117 cm³/mol. The maximum absolute atomic E-state index is 12.7. The van der Waals surface area contributed by atoms with Crippen molar-refractivity contribution in [1.82, 2.24) is 19.6 Å². The molecule has 0 aromatic heterocycles. The second-order valence-electron chi connectivity index (χ2n) is 8.33. The maximum atomic E-state index is 12.7. The van der Waals surface area contributed by atoms with Gasteiger partial charge in [0.15, 0.2) is 0 Å². The minimum atomic E-state index is 0.166. The molecule has 0 aliphatic carbocycles. The second kappa shape index (κ2) is 9.53. The van der Waals surface area contributed by atoms with Gasteiger partial charge in [0, 0.05) is 71.0 Å². The van der Waals surface area contributed by atoms with Gasteiger partial charge in [-0.1, -0.05) is 42.5 Å². The third kappa shape index (κ3) is 5.44. The first-order valence-corrected chi connectivity index (χ1v) is 10.7. The van der Waals surface area contributed by atoms with E-state index in [9.17, 15) is 4.79 Å². The molecule has 0 radical (unpaired) electrons. The molecule has 0 unspecified atom stereocenters. The van der Waals surface area contributed by atoms with Crippen molar-refractivity contribution in [3.05, 3.63) is 71.3 Å². The largest absolute Gasteiger partial charge is 0.336 e. The Morgan fingerprint density at radius 1 is 0.690 bits per heavy atom. The number of hydrogen-bond acceptors (Lipinski definition) is 4. The van der Waals surface area contributed by atoms with Crippen LogP contribution in [0.25, 0.3) is 0 Å². The average Bonchev–Trinajstić information content (AvgIpc) is 2.76. The molecule has 154 valence electrons. The lowest BCUT2D eigenvalue weighted by atomic mass is 10.1. The lowest BCUT2D eigenvalue weighted by molar-refractivity contribution is 0.0664. The molecule has 2 saturated heterocycles. The lowest BCUT2D eigenvalue weighted by Gasteiger charge is -2.34. The summed E-state index contributed by atoms with van der Waals surface area (Å²) in [5.41, 5.74) is 3.49. The van der Waals surface area contributed by atoms with Crippen LogP contribution < -0.4 is 0 Å². The van der Waals surface area contributed by atoms with Crippen LogP contribution in [0.2, 0.25) is 0 Å². The molecule has 2 heterocycles. The Morgan fingerprint density at radius 3 is 1.76 bits per heavy atom. The fraction of sp³-hybridized carbons (Fsp3) is 0.458. The molecule has 4 rings (SSSR count). The van der Waals surface area contributed by atoms with Gasteiger partial charge in [-0.15, -0.1) is 0 Å². The molecule has 2 aliphatic heterocycles. The summed E-state index contributed by atoms with van der Waals surface area (Å²) in [5.74, 6) is 0.166. The summed E-state index contributed by atoms with van der Waals surface area (Å²) in [6.45, 7) is 9.96. The summed E-state index contributed by atoms with van der Waals surface area (Å²) in [7, 11) is 2.11. The van der Waals surface area contributed by atoms with Crippen molar-refractivity contribution in [2.24, 2.45) is 0 Å². The molecule has 0 bridgehead atoms. The number of hydrogen-bond donors (Lipinski definition) is 0. The van der Waals surface area contributed by atoms with Crippen molar-refractivity contribution in [1.29, 1.82) is 0 Å². The van der Waals surface area contributed by atoms with Crippen LogP contribution in [0, 0.1) is 0 Å². The molecule has 5 nitrogen and oxygen atoms in total. The van der Waals surface area contributed by atoms with Gasteiger partial charge < -0.3 is 9.80 Å². The quantitative estimate of drug-likeness (QED) is 0.782. The Labute approximate surface area is 174 Å². The Kier molecular flexibility index (Phi) is 6.60.